The van der Waals surface area contributed by atoms with E-state index in [2.05, 4.69) is 46.0 Å². The van der Waals surface area contributed by atoms with Crippen LogP contribution in [0.3, 0.4) is 0 Å². The zero-order valence-electron chi connectivity index (χ0n) is 16.7. The molecule has 0 spiro atoms. The van der Waals surface area contributed by atoms with Gasteiger partial charge in [-0.3, -0.25) is 4.90 Å². The van der Waals surface area contributed by atoms with E-state index in [1.165, 1.54) is 5.56 Å². The van der Waals surface area contributed by atoms with Gasteiger partial charge in [-0.1, -0.05) is 37.3 Å². The van der Waals surface area contributed by atoms with E-state index in [0.29, 0.717) is 0 Å². The van der Waals surface area contributed by atoms with Crippen LogP contribution >= 0.6 is 0 Å². The van der Waals surface area contributed by atoms with Crippen molar-refractivity contribution in [3.05, 3.63) is 60.2 Å². The molecule has 3 heterocycles. The molecule has 1 saturated heterocycles. The fraction of sp³-hybridized carbons (Fsp3) is 0.292. The molecule has 1 aliphatic rings. The number of piperazine rings is 1. The second kappa shape index (κ2) is 7.50. The molecule has 4 aromatic rings. The van der Waals surface area contributed by atoms with Crippen molar-refractivity contribution in [2.24, 2.45) is 0 Å². The smallest absolute Gasteiger partial charge is 0.199 e. The predicted octanol–water partition coefficient (Wildman–Crippen LogP) is 4.23. The number of aromatic hydroxyl groups is 1. The first kappa shape index (κ1) is 18.2. The second-order valence-corrected chi connectivity index (χ2v) is 7.83. The average molecular weight is 386 g/mol. The Bertz CT molecular complexity index is 1160. The van der Waals surface area contributed by atoms with E-state index < -0.39 is 0 Å². The van der Waals surface area contributed by atoms with Gasteiger partial charge in [-0.25, -0.2) is 4.98 Å². The number of aromatic nitrogens is 2. The number of hydrogen-bond acceptors (Lipinski definition) is 4. The summed E-state index contributed by atoms with van der Waals surface area (Å²) in [5.74, 6) is 0.167. The highest BCUT2D eigenvalue weighted by atomic mass is 16.3. The molecule has 0 unspecified atom stereocenters. The van der Waals surface area contributed by atoms with Crippen LogP contribution in [0.25, 0.3) is 33.1 Å². The molecular weight excluding hydrogens is 360 g/mol. The van der Waals surface area contributed by atoms with Gasteiger partial charge in [0.05, 0.1) is 16.8 Å². The molecule has 2 N–H and O–H groups in total. The minimum Gasteiger partial charge on any atom is -0.494 e. The van der Waals surface area contributed by atoms with Crippen LogP contribution in [0.5, 0.6) is 5.88 Å². The molecule has 1 fully saturated rings. The highest BCUT2D eigenvalue weighted by Crippen LogP contribution is 2.36. The summed E-state index contributed by atoms with van der Waals surface area (Å²) < 4.78 is 0. The van der Waals surface area contributed by atoms with Crippen LogP contribution in [-0.4, -0.2) is 57.6 Å². The van der Waals surface area contributed by atoms with Gasteiger partial charge in [0, 0.05) is 49.0 Å². The lowest BCUT2D eigenvalue weighted by atomic mass is 10.1. The van der Waals surface area contributed by atoms with Gasteiger partial charge >= 0.3 is 0 Å². The molecule has 5 heteroatoms. The predicted molar refractivity (Wildman–Crippen MR) is 118 cm³/mol. The monoisotopic (exact) mass is 386 g/mol. The summed E-state index contributed by atoms with van der Waals surface area (Å²) in [4.78, 5) is 12.9. The van der Waals surface area contributed by atoms with E-state index in [0.717, 1.165) is 72.3 Å². The van der Waals surface area contributed by atoms with Crippen molar-refractivity contribution in [1.29, 1.82) is 0 Å². The SMILES string of the molecule is CCN1CCN(Cc2ccc3nc(-c4c(O)[nH]c5ccccc45)ccc3c2)CC1. The number of rotatable bonds is 4. The van der Waals surface area contributed by atoms with Crippen molar-refractivity contribution in [2.75, 3.05) is 32.7 Å². The highest BCUT2D eigenvalue weighted by Gasteiger charge is 2.16. The normalized spacial score (nSPS) is 16.0. The van der Waals surface area contributed by atoms with Crippen LogP contribution in [-0.2, 0) is 6.54 Å². The lowest BCUT2D eigenvalue weighted by molar-refractivity contribution is 0.132. The van der Waals surface area contributed by atoms with Crippen molar-refractivity contribution in [3.63, 3.8) is 0 Å². The lowest BCUT2D eigenvalue weighted by Gasteiger charge is -2.34. The summed E-state index contributed by atoms with van der Waals surface area (Å²) >= 11 is 0. The van der Waals surface area contributed by atoms with E-state index in [-0.39, 0.29) is 5.88 Å². The molecular formula is C24H26N4O. The number of fused-ring (bicyclic) bond motifs is 2. The molecule has 0 aliphatic carbocycles. The summed E-state index contributed by atoms with van der Waals surface area (Å²) in [5.41, 5.74) is 4.75. The van der Waals surface area contributed by atoms with E-state index in [1.807, 2.05) is 30.3 Å². The molecule has 0 atom stereocenters. The summed E-state index contributed by atoms with van der Waals surface area (Å²) in [7, 11) is 0. The molecule has 0 radical (unpaired) electrons. The van der Waals surface area contributed by atoms with Gasteiger partial charge in [0.2, 0.25) is 0 Å². The maximum absolute atomic E-state index is 10.4. The summed E-state index contributed by atoms with van der Waals surface area (Å²) in [6, 6.07) is 18.5. The number of hydrogen-bond donors (Lipinski definition) is 2. The zero-order valence-corrected chi connectivity index (χ0v) is 16.7. The van der Waals surface area contributed by atoms with Crippen LogP contribution in [0.4, 0.5) is 0 Å². The largest absolute Gasteiger partial charge is 0.494 e. The Morgan fingerprint density at radius 1 is 0.966 bits per heavy atom. The molecule has 148 valence electrons. The Balaban J connectivity index is 1.42. The molecule has 29 heavy (non-hydrogen) atoms. The van der Waals surface area contributed by atoms with Gasteiger partial charge in [0.15, 0.2) is 5.88 Å². The summed E-state index contributed by atoms with van der Waals surface area (Å²) in [5, 5.41) is 12.5. The first-order chi connectivity index (χ1) is 14.2. The minimum absolute atomic E-state index is 0.167. The highest BCUT2D eigenvalue weighted by molar-refractivity contribution is 5.99. The first-order valence-corrected chi connectivity index (χ1v) is 10.4. The third-order valence-electron chi connectivity index (χ3n) is 6.01. The first-order valence-electron chi connectivity index (χ1n) is 10.4. The van der Waals surface area contributed by atoms with Gasteiger partial charge in [-0.15, -0.1) is 0 Å². The van der Waals surface area contributed by atoms with Gasteiger partial charge in [0.25, 0.3) is 0 Å². The van der Waals surface area contributed by atoms with Gasteiger partial charge < -0.3 is 15.0 Å². The van der Waals surface area contributed by atoms with Crippen molar-refractivity contribution >= 4 is 21.8 Å². The number of benzene rings is 2. The number of aromatic amines is 1. The summed E-state index contributed by atoms with van der Waals surface area (Å²) in [6.07, 6.45) is 0. The third kappa shape index (κ3) is 3.48. The average Bonchev–Trinajstić information content (AvgIpc) is 3.09. The molecule has 5 rings (SSSR count). The molecule has 1 aliphatic heterocycles. The van der Waals surface area contributed by atoms with Crippen LogP contribution < -0.4 is 0 Å². The number of likely N-dealkylation sites (N-methyl/N-ethyl adjacent to an activating group) is 1. The second-order valence-electron chi connectivity index (χ2n) is 7.83. The van der Waals surface area contributed by atoms with E-state index in [9.17, 15) is 5.11 Å². The van der Waals surface area contributed by atoms with Crippen molar-refractivity contribution in [3.8, 4) is 17.1 Å². The molecule has 2 aromatic carbocycles. The maximum Gasteiger partial charge on any atom is 0.199 e. The number of H-pyrrole nitrogens is 1. The number of para-hydroxylation sites is 1. The Morgan fingerprint density at radius 3 is 2.59 bits per heavy atom. The third-order valence-corrected chi connectivity index (χ3v) is 6.01. The lowest BCUT2D eigenvalue weighted by Crippen LogP contribution is -2.45. The summed E-state index contributed by atoms with van der Waals surface area (Å²) in [6.45, 7) is 8.93. The fourth-order valence-electron chi connectivity index (χ4n) is 4.32. The van der Waals surface area contributed by atoms with Crippen molar-refractivity contribution in [2.45, 2.75) is 13.5 Å². The Labute approximate surface area is 170 Å². The Morgan fingerprint density at radius 2 is 1.76 bits per heavy atom. The zero-order chi connectivity index (χ0) is 19.8. The Hall–Kier alpha value is -2.89. The van der Waals surface area contributed by atoms with Crippen LogP contribution in [0, 0.1) is 0 Å². The molecule has 0 saturated carbocycles. The van der Waals surface area contributed by atoms with Gasteiger partial charge in [0.1, 0.15) is 0 Å². The number of nitrogens with zero attached hydrogens (tertiary/aromatic N) is 3. The van der Waals surface area contributed by atoms with E-state index in [1.54, 1.807) is 0 Å². The van der Waals surface area contributed by atoms with Crippen LogP contribution in [0.1, 0.15) is 12.5 Å². The Kier molecular flexibility index (Phi) is 4.70. The quantitative estimate of drug-likeness (QED) is 0.551. The number of pyridine rings is 1. The standard InChI is InChI=1S/C24H26N4O/c1-2-27-11-13-28(14-12-27)16-17-7-9-20-18(15-17)8-10-22(25-20)23-19-5-3-4-6-21(19)26-24(23)29/h3-10,15,26,29H,2,11-14,16H2,1H3. The van der Waals surface area contributed by atoms with Crippen molar-refractivity contribution < 1.29 is 5.11 Å². The number of nitrogens with one attached hydrogen (secondary N) is 1. The molecule has 0 bridgehead atoms. The topological polar surface area (TPSA) is 55.4 Å². The van der Waals surface area contributed by atoms with Crippen molar-refractivity contribution in [1.82, 2.24) is 19.8 Å². The molecule has 5 nitrogen and oxygen atoms in total. The van der Waals surface area contributed by atoms with Crippen LogP contribution in [0.15, 0.2) is 54.6 Å². The molecule has 0 amide bonds. The maximum atomic E-state index is 10.4. The molecule has 2 aromatic heterocycles. The van der Waals surface area contributed by atoms with Gasteiger partial charge in [-0.05, 0) is 36.4 Å². The van der Waals surface area contributed by atoms with E-state index >= 15 is 0 Å². The van der Waals surface area contributed by atoms with E-state index in [4.69, 9.17) is 4.98 Å². The minimum atomic E-state index is 0.167. The van der Waals surface area contributed by atoms with Gasteiger partial charge in [-0.2, -0.15) is 0 Å². The van der Waals surface area contributed by atoms with Crippen LogP contribution in [0.2, 0.25) is 0 Å². The fourth-order valence-corrected chi connectivity index (χ4v) is 4.32.